The Morgan fingerprint density at radius 3 is 2.19 bits per heavy atom. The summed E-state index contributed by atoms with van der Waals surface area (Å²) in [6.45, 7) is 0.316. The molecule has 248 valence electrons. The van der Waals surface area contributed by atoms with Gasteiger partial charge in [0, 0.05) is 19.0 Å². The zero-order valence-electron chi connectivity index (χ0n) is 24.6. The molecule has 0 radical (unpaired) electrons. The fourth-order valence-corrected chi connectivity index (χ4v) is 6.92. The Labute approximate surface area is 265 Å². The Morgan fingerprint density at radius 2 is 1.57 bits per heavy atom. The molecule has 0 spiro atoms. The molecule has 47 heavy (non-hydrogen) atoms. The summed E-state index contributed by atoms with van der Waals surface area (Å²) < 4.78 is 107. The van der Waals surface area contributed by atoms with Crippen LogP contribution in [0.2, 0.25) is 0 Å². The summed E-state index contributed by atoms with van der Waals surface area (Å²) in [6, 6.07) is 12.8. The second-order valence-corrected chi connectivity index (χ2v) is 13.6. The van der Waals surface area contributed by atoms with E-state index in [9.17, 15) is 30.8 Å². The third-order valence-electron chi connectivity index (χ3n) is 8.56. The van der Waals surface area contributed by atoms with E-state index in [4.69, 9.17) is 0 Å². The number of benzene rings is 2. The monoisotopic (exact) mass is 678 g/mol. The van der Waals surface area contributed by atoms with E-state index >= 15 is 8.78 Å². The third kappa shape index (κ3) is 6.48. The summed E-state index contributed by atoms with van der Waals surface area (Å²) in [6.07, 6.45) is 4.16. The van der Waals surface area contributed by atoms with Crippen LogP contribution in [0.4, 0.5) is 26.3 Å². The van der Waals surface area contributed by atoms with Crippen LogP contribution in [0.1, 0.15) is 51.9 Å². The van der Waals surface area contributed by atoms with Gasteiger partial charge in [-0.3, -0.25) is 9.69 Å². The van der Waals surface area contributed by atoms with Crippen molar-refractivity contribution in [2.45, 2.75) is 47.5 Å². The maximum Gasteiger partial charge on any atom is 0.501 e. The first kappa shape index (κ1) is 32.6. The van der Waals surface area contributed by atoms with Gasteiger partial charge in [0.1, 0.15) is 0 Å². The highest BCUT2D eigenvalue weighted by molar-refractivity contribution is 7.92. The molecule has 4 aromatic rings. The van der Waals surface area contributed by atoms with Crippen molar-refractivity contribution in [1.29, 1.82) is 0 Å². The molecular weight excluding hydrogens is 650 g/mol. The Hall–Kier alpha value is -4.31. The van der Waals surface area contributed by atoms with Crippen LogP contribution >= 0.6 is 0 Å². The van der Waals surface area contributed by atoms with Crippen LogP contribution in [0.3, 0.4) is 0 Å². The highest BCUT2D eigenvalue weighted by atomic mass is 32.2. The van der Waals surface area contributed by atoms with E-state index in [1.54, 1.807) is 30.3 Å². The zero-order chi connectivity index (χ0) is 33.6. The van der Waals surface area contributed by atoms with Gasteiger partial charge >= 0.3 is 5.51 Å². The van der Waals surface area contributed by atoms with E-state index in [-0.39, 0.29) is 24.0 Å². The van der Waals surface area contributed by atoms with Gasteiger partial charge in [-0.1, -0.05) is 42.5 Å². The molecule has 0 aliphatic carbocycles. The Balaban J connectivity index is 1.22. The number of sulfone groups is 1. The van der Waals surface area contributed by atoms with Gasteiger partial charge < -0.3 is 4.90 Å². The Kier molecular flexibility index (Phi) is 8.59. The van der Waals surface area contributed by atoms with Crippen LogP contribution in [0.25, 0.3) is 5.95 Å². The molecule has 16 heteroatoms. The normalized spacial score (nSPS) is 19.3. The fourth-order valence-electron chi connectivity index (χ4n) is 6.16. The number of amides is 1. The summed E-state index contributed by atoms with van der Waals surface area (Å²) >= 11 is 0. The summed E-state index contributed by atoms with van der Waals surface area (Å²) in [7, 11) is -5.45. The predicted molar refractivity (Wildman–Crippen MR) is 156 cm³/mol. The van der Waals surface area contributed by atoms with Gasteiger partial charge in [-0.15, -0.1) is 0 Å². The molecule has 4 heterocycles. The van der Waals surface area contributed by atoms with Gasteiger partial charge in [-0.2, -0.15) is 18.3 Å². The number of hydrogen-bond donors (Lipinski definition) is 0. The molecule has 1 atom stereocenters. The minimum Gasteiger partial charge on any atom is -0.332 e. The highest BCUT2D eigenvalue weighted by Crippen LogP contribution is 2.42. The van der Waals surface area contributed by atoms with Crippen molar-refractivity contribution in [1.82, 2.24) is 29.5 Å². The number of nitrogens with zero attached hydrogens (tertiary/aromatic N) is 6. The smallest absolute Gasteiger partial charge is 0.332 e. The quantitative estimate of drug-likeness (QED) is 0.243. The third-order valence-corrected chi connectivity index (χ3v) is 10.1. The molecule has 0 N–H and O–H groups in total. The van der Waals surface area contributed by atoms with Crippen LogP contribution in [0.15, 0.2) is 78.1 Å². The first-order valence-corrected chi connectivity index (χ1v) is 16.1. The first-order chi connectivity index (χ1) is 22.2. The first-order valence-electron chi connectivity index (χ1n) is 14.6. The van der Waals surface area contributed by atoms with Crippen molar-refractivity contribution in [2.24, 2.45) is 0 Å². The SMILES string of the molecule is O=C(c1cnn(-c2ncc(F)cn2)c1C1CCN(Cc2ccc(S(=O)(=O)C(F)(F)F)cc2)CC1)N1C[C@H](c2ccccc2)C(F)(F)C1. The molecule has 0 unspecified atom stereocenters. The van der Waals surface area contributed by atoms with Gasteiger partial charge in [-0.25, -0.2) is 36.2 Å². The minimum atomic E-state index is -5.45. The van der Waals surface area contributed by atoms with Gasteiger partial charge in [0.05, 0.1) is 47.2 Å². The number of piperidine rings is 1. The minimum absolute atomic E-state index is 0.00527. The van der Waals surface area contributed by atoms with Gasteiger partial charge in [0.15, 0.2) is 5.82 Å². The van der Waals surface area contributed by atoms with Gasteiger partial charge in [0.2, 0.25) is 0 Å². The van der Waals surface area contributed by atoms with Crippen LogP contribution in [-0.4, -0.2) is 81.5 Å². The molecule has 0 saturated carbocycles. The van der Waals surface area contributed by atoms with E-state index in [1.807, 2.05) is 4.90 Å². The van der Waals surface area contributed by atoms with Crippen LogP contribution in [-0.2, 0) is 16.4 Å². The number of hydrogen-bond acceptors (Lipinski definition) is 7. The molecule has 2 aromatic carbocycles. The molecule has 1 amide bonds. The number of aromatic nitrogens is 4. The predicted octanol–water partition coefficient (Wildman–Crippen LogP) is 5.35. The van der Waals surface area contributed by atoms with Crippen LogP contribution in [0, 0.1) is 5.82 Å². The standard InChI is InChI=1S/C31H28F6N6O3S/c32-23-14-38-29(39-15-23)43-27(25(16-40-43)28(44)42-18-26(30(33,34)19-42)21-4-2-1-3-5-21)22-10-12-41(13-11-22)17-20-6-8-24(9-7-20)47(45,46)31(35,36)37/h1-9,14-16,22,26H,10-13,17-19H2/t26-/m1/s1. The average molecular weight is 679 g/mol. The second-order valence-electron chi connectivity index (χ2n) is 11.6. The van der Waals surface area contributed by atoms with E-state index in [0.29, 0.717) is 49.3 Å². The highest BCUT2D eigenvalue weighted by Gasteiger charge is 2.51. The number of carbonyl (C=O) groups excluding carboxylic acids is 1. The van der Waals surface area contributed by atoms with E-state index in [1.165, 1.54) is 23.0 Å². The van der Waals surface area contributed by atoms with Crippen LogP contribution in [0.5, 0.6) is 0 Å². The van der Waals surface area contributed by atoms with E-state index in [2.05, 4.69) is 15.1 Å². The molecule has 6 rings (SSSR count). The van der Waals surface area contributed by atoms with Gasteiger partial charge in [0.25, 0.3) is 27.6 Å². The van der Waals surface area contributed by atoms with Crippen LogP contribution < -0.4 is 0 Å². The zero-order valence-corrected chi connectivity index (χ0v) is 25.4. The summed E-state index contributed by atoms with van der Waals surface area (Å²) in [5.41, 5.74) is -3.85. The largest absolute Gasteiger partial charge is 0.501 e. The van der Waals surface area contributed by atoms with Crippen molar-refractivity contribution in [2.75, 3.05) is 26.2 Å². The lowest BCUT2D eigenvalue weighted by Crippen LogP contribution is -2.35. The average Bonchev–Trinajstić information content (AvgIpc) is 3.62. The molecule has 2 fully saturated rings. The number of alkyl halides is 5. The van der Waals surface area contributed by atoms with Crippen molar-refractivity contribution < 1.29 is 39.6 Å². The Morgan fingerprint density at radius 1 is 0.936 bits per heavy atom. The summed E-state index contributed by atoms with van der Waals surface area (Å²) in [5, 5.41) is 4.32. The molecule has 2 aromatic heterocycles. The number of rotatable bonds is 7. The van der Waals surface area contributed by atoms with Crippen molar-refractivity contribution in [3.05, 3.63) is 101 Å². The Bertz CT molecular complexity index is 1840. The van der Waals surface area contributed by atoms with Crippen molar-refractivity contribution >= 4 is 15.7 Å². The second kappa shape index (κ2) is 12.4. The number of halogens is 6. The number of likely N-dealkylation sites (tertiary alicyclic amines) is 2. The van der Waals surface area contributed by atoms with Gasteiger partial charge in [-0.05, 0) is 49.2 Å². The summed E-state index contributed by atoms with van der Waals surface area (Å²) in [5.74, 6) is -5.93. The molecule has 2 aliphatic rings. The van der Waals surface area contributed by atoms with Crippen molar-refractivity contribution in [3.63, 3.8) is 0 Å². The van der Waals surface area contributed by atoms with E-state index < -0.39 is 50.4 Å². The molecular formula is C31H28F6N6O3S. The topological polar surface area (TPSA) is 101 Å². The lowest BCUT2D eigenvalue weighted by molar-refractivity contribution is -0.0436. The maximum absolute atomic E-state index is 15.2. The van der Waals surface area contributed by atoms with E-state index in [0.717, 1.165) is 29.4 Å². The fraction of sp³-hybridized carbons (Fsp3) is 0.355. The van der Waals surface area contributed by atoms with Crippen molar-refractivity contribution in [3.8, 4) is 5.95 Å². The molecule has 0 bridgehead atoms. The number of carbonyl (C=O) groups is 1. The molecule has 2 saturated heterocycles. The summed E-state index contributed by atoms with van der Waals surface area (Å²) in [4.78, 5) is 24.2. The molecule has 9 nitrogen and oxygen atoms in total. The molecule has 2 aliphatic heterocycles. The lowest BCUT2D eigenvalue weighted by atomic mass is 9.90. The maximum atomic E-state index is 15.2. The lowest BCUT2D eigenvalue weighted by Gasteiger charge is -2.32.